The first-order valence-electron chi connectivity index (χ1n) is 7.41. The summed E-state index contributed by atoms with van der Waals surface area (Å²) in [5.41, 5.74) is 2.25. The van der Waals surface area contributed by atoms with Crippen molar-refractivity contribution < 1.29 is 18.1 Å². The highest BCUT2D eigenvalue weighted by atomic mass is 19.2. The summed E-state index contributed by atoms with van der Waals surface area (Å²) in [6.45, 7) is 0.0691. The Morgan fingerprint density at radius 3 is 2.42 bits per heavy atom. The molecule has 3 rings (SSSR count). The van der Waals surface area contributed by atoms with E-state index in [4.69, 9.17) is 0 Å². The summed E-state index contributed by atoms with van der Waals surface area (Å²) in [7, 11) is 0. The van der Waals surface area contributed by atoms with Crippen molar-refractivity contribution in [2.75, 3.05) is 5.32 Å². The van der Waals surface area contributed by atoms with Gasteiger partial charge in [-0.25, -0.2) is 8.78 Å². The SMILES string of the molecule is O=C(C[n+]1cccc(-c2ccccc2)c1)Nc1ccc(F)c(F)c1. The number of aromatic nitrogens is 1. The van der Waals surface area contributed by atoms with Gasteiger partial charge in [-0.15, -0.1) is 0 Å². The first-order chi connectivity index (χ1) is 11.6. The van der Waals surface area contributed by atoms with Crippen molar-refractivity contribution in [2.45, 2.75) is 6.54 Å². The Hall–Kier alpha value is -3.08. The van der Waals surface area contributed by atoms with E-state index >= 15 is 0 Å². The quantitative estimate of drug-likeness (QED) is 0.731. The van der Waals surface area contributed by atoms with Gasteiger partial charge < -0.3 is 5.32 Å². The smallest absolute Gasteiger partial charge is 0.290 e. The molecule has 3 aromatic rings. The lowest BCUT2D eigenvalue weighted by molar-refractivity contribution is -0.683. The van der Waals surface area contributed by atoms with Gasteiger partial charge in [0.05, 0.1) is 0 Å². The van der Waals surface area contributed by atoms with Crippen LogP contribution in [0.25, 0.3) is 11.1 Å². The van der Waals surface area contributed by atoms with E-state index in [9.17, 15) is 13.6 Å². The van der Waals surface area contributed by atoms with Crippen LogP contribution in [-0.4, -0.2) is 5.91 Å². The fourth-order valence-electron chi connectivity index (χ4n) is 2.36. The minimum absolute atomic E-state index is 0.0691. The van der Waals surface area contributed by atoms with Gasteiger partial charge >= 0.3 is 0 Å². The Kier molecular flexibility index (Phi) is 4.61. The van der Waals surface area contributed by atoms with Crippen LogP contribution in [0.2, 0.25) is 0 Å². The third-order valence-electron chi connectivity index (χ3n) is 3.49. The van der Waals surface area contributed by atoms with E-state index in [0.717, 1.165) is 23.3 Å². The van der Waals surface area contributed by atoms with Gasteiger partial charge in [0.25, 0.3) is 5.91 Å². The van der Waals surface area contributed by atoms with Gasteiger partial charge in [0.2, 0.25) is 6.54 Å². The Morgan fingerprint density at radius 1 is 0.917 bits per heavy atom. The Morgan fingerprint density at radius 2 is 1.67 bits per heavy atom. The van der Waals surface area contributed by atoms with Crippen LogP contribution < -0.4 is 9.88 Å². The van der Waals surface area contributed by atoms with Crippen molar-refractivity contribution in [3.8, 4) is 11.1 Å². The summed E-state index contributed by atoms with van der Waals surface area (Å²) < 4.78 is 27.8. The topological polar surface area (TPSA) is 33.0 Å². The minimum atomic E-state index is -0.994. The van der Waals surface area contributed by atoms with Crippen LogP contribution in [0, 0.1) is 11.6 Å². The number of carbonyl (C=O) groups is 1. The summed E-state index contributed by atoms with van der Waals surface area (Å²) in [4.78, 5) is 12.1. The van der Waals surface area contributed by atoms with Gasteiger partial charge in [0, 0.05) is 23.4 Å². The highest BCUT2D eigenvalue weighted by Crippen LogP contribution is 2.16. The molecular formula is C19H15F2N2O+. The maximum Gasteiger partial charge on any atom is 0.290 e. The second kappa shape index (κ2) is 7.00. The number of nitrogens with one attached hydrogen (secondary N) is 1. The van der Waals surface area contributed by atoms with Crippen LogP contribution in [0.5, 0.6) is 0 Å². The largest absolute Gasteiger partial charge is 0.320 e. The molecule has 1 N–H and O–H groups in total. The Labute approximate surface area is 138 Å². The molecule has 1 heterocycles. The van der Waals surface area contributed by atoms with Crippen LogP contribution in [0.1, 0.15) is 0 Å². The van der Waals surface area contributed by atoms with Gasteiger partial charge in [-0.2, -0.15) is 4.57 Å². The van der Waals surface area contributed by atoms with Crippen LogP contribution in [0.3, 0.4) is 0 Å². The van der Waals surface area contributed by atoms with Gasteiger partial charge in [0.15, 0.2) is 24.0 Å². The summed E-state index contributed by atoms with van der Waals surface area (Å²) in [5, 5.41) is 2.55. The van der Waals surface area contributed by atoms with Crippen molar-refractivity contribution in [1.82, 2.24) is 0 Å². The van der Waals surface area contributed by atoms with Gasteiger partial charge in [0.1, 0.15) is 0 Å². The van der Waals surface area contributed by atoms with Crippen molar-refractivity contribution in [1.29, 1.82) is 0 Å². The minimum Gasteiger partial charge on any atom is -0.320 e. The normalized spacial score (nSPS) is 10.4. The predicted molar refractivity (Wildman–Crippen MR) is 87.1 cm³/mol. The van der Waals surface area contributed by atoms with E-state index in [2.05, 4.69) is 5.32 Å². The highest BCUT2D eigenvalue weighted by molar-refractivity contribution is 5.89. The molecule has 0 aliphatic heterocycles. The molecule has 0 bridgehead atoms. The summed E-state index contributed by atoms with van der Waals surface area (Å²) in [6, 6.07) is 16.9. The van der Waals surface area contributed by atoms with E-state index in [0.29, 0.717) is 0 Å². The third-order valence-corrected chi connectivity index (χ3v) is 3.49. The number of rotatable bonds is 4. The van der Waals surface area contributed by atoms with Crippen LogP contribution in [0.4, 0.5) is 14.5 Å². The average molecular weight is 325 g/mol. The van der Waals surface area contributed by atoms with Gasteiger partial charge in [-0.05, 0) is 23.8 Å². The molecule has 120 valence electrons. The number of anilines is 1. The predicted octanol–water partition coefficient (Wildman–Crippen LogP) is 3.56. The van der Waals surface area contributed by atoms with Crippen molar-refractivity contribution in [3.05, 3.63) is 84.7 Å². The summed E-state index contributed by atoms with van der Waals surface area (Å²) in [5.74, 6) is -2.26. The van der Waals surface area contributed by atoms with E-state index in [1.165, 1.54) is 6.07 Å². The van der Waals surface area contributed by atoms with Gasteiger partial charge in [-0.3, -0.25) is 4.79 Å². The number of nitrogens with zero attached hydrogens (tertiary/aromatic N) is 1. The number of halogens is 2. The molecule has 0 unspecified atom stereocenters. The molecule has 5 heteroatoms. The van der Waals surface area contributed by atoms with Crippen LogP contribution in [0.15, 0.2) is 73.1 Å². The molecule has 0 aliphatic carbocycles. The lowest BCUT2D eigenvalue weighted by Gasteiger charge is -2.04. The molecule has 0 atom stereocenters. The van der Waals surface area contributed by atoms with Gasteiger partial charge in [-0.1, -0.05) is 30.3 Å². The molecular weight excluding hydrogens is 310 g/mol. The van der Waals surface area contributed by atoms with E-state index in [1.54, 1.807) is 10.8 Å². The number of pyridine rings is 1. The second-order valence-electron chi connectivity index (χ2n) is 5.31. The molecule has 0 radical (unpaired) electrons. The fraction of sp³-hybridized carbons (Fsp3) is 0.0526. The number of amides is 1. The third kappa shape index (κ3) is 3.81. The standard InChI is InChI=1S/C19H14F2N2O/c20-17-9-8-16(11-18(17)21)22-19(24)13-23-10-4-7-15(12-23)14-5-2-1-3-6-14/h1-12H,13H2/p+1. The molecule has 3 nitrogen and oxygen atoms in total. The summed E-state index contributed by atoms with van der Waals surface area (Å²) >= 11 is 0. The monoisotopic (exact) mass is 325 g/mol. The first-order valence-corrected chi connectivity index (χ1v) is 7.41. The zero-order valence-electron chi connectivity index (χ0n) is 12.7. The highest BCUT2D eigenvalue weighted by Gasteiger charge is 2.12. The first kappa shape index (κ1) is 15.8. The summed E-state index contributed by atoms with van der Waals surface area (Å²) in [6.07, 6.45) is 3.64. The second-order valence-corrected chi connectivity index (χ2v) is 5.31. The molecule has 2 aromatic carbocycles. The number of carbonyl (C=O) groups excluding carboxylic acids is 1. The maximum atomic E-state index is 13.2. The lowest BCUT2D eigenvalue weighted by Crippen LogP contribution is -2.39. The fourth-order valence-corrected chi connectivity index (χ4v) is 2.36. The molecule has 0 saturated heterocycles. The number of hydrogen-bond donors (Lipinski definition) is 1. The Balaban J connectivity index is 1.71. The van der Waals surface area contributed by atoms with Crippen LogP contribution in [-0.2, 0) is 11.3 Å². The van der Waals surface area contributed by atoms with Crippen molar-refractivity contribution >= 4 is 11.6 Å². The molecule has 24 heavy (non-hydrogen) atoms. The van der Waals surface area contributed by atoms with E-state index < -0.39 is 11.6 Å². The zero-order valence-corrected chi connectivity index (χ0v) is 12.7. The van der Waals surface area contributed by atoms with E-state index in [1.807, 2.05) is 48.7 Å². The lowest BCUT2D eigenvalue weighted by atomic mass is 10.1. The number of hydrogen-bond acceptors (Lipinski definition) is 1. The zero-order chi connectivity index (χ0) is 16.9. The number of benzene rings is 2. The average Bonchev–Trinajstić information content (AvgIpc) is 2.59. The molecule has 0 saturated carbocycles. The maximum absolute atomic E-state index is 13.2. The molecule has 0 fully saturated rings. The molecule has 1 amide bonds. The van der Waals surface area contributed by atoms with E-state index in [-0.39, 0.29) is 18.1 Å². The van der Waals surface area contributed by atoms with Crippen molar-refractivity contribution in [2.24, 2.45) is 0 Å². The molecule has 0 spiro atoms. The molecule has 1 aromatic heterocycles. The molecule has 0 aliphatic rings. The van der Waals surface area contributed by atoms with Crippen LogP contribution >= 0.6 is 0 Å². The van der Waals surface area contributed by atoms with Crippen molar-refractivity contribution in [3.63, 3.8) is 0 Å². The Bertz CT molecular complexity index is 866.